The number of benzene rings is 1. The lowest BCUT2D eigenvalue weighted by Crippen LogP contribution is -2.44. The Labute approximate surface area is 107 Å². The quantitative estimate of drug-likeness (QED) is 0.874. The van der Waals surface area contributed by atoms with Gasteiger partial charge in [-0.05, 0) is 43.4 Å². The summed E-state index contributed by atoms with van der Waals surface area (Å²) in [5.74, 6) is 0. The molecule has 1 N–H and O–H groups in total. The Hall–Kier alpha value is -0.570. The maximum absolute atomic E-state index is 9.77. The highest BCUT2D eigenvalue weighted by Crippen LogP contribution is 2.36. The Balaban J connectivity index is 1.72. The first-order chi connectivity index (χ1) is 8.22. The van der Waals surface area contributed by atoms with Gasteiger partial charge in [-0.2, -0.15) is 0 Å². The lowest BCUT2D eigenvalue weighted by molar-refractivity contribution is 0.0310. The largest absolute Gasteiger partial charge is 0.393 e. The van der Waals surface area contributed by atoms with Gasteiger partial charge < -0.3 is 5.11 Å². The lowest BCUT2D eigenvalue weighted by Gasteiger charge is -2.37. The number of rotatable bonds is 2. The van der Waals surface area contributed by atoms with Crippen molar-refractivity contribution < 1.29 is 5.11 Å². The maximum atomic E-state index is 9.77. The number of hydrogen-bond donors (Lipinski definition) is 1. The van der Waals surface area contributed by atoms with E-state index >= 15 is 0 Å². The number of halogens is 1. The highest BCUT2D eigenvalue weighted by molar-refractivity contribution is 6.30. The summed E-state index contributed by atoms with van der Waals surface area (Å²) in [5.41, 5.74) is 1.32. The molecule has 2 nitrogen and oxygen atoms in total. The summed E-state index contributed by atoms with van der Waals surface area (Å²) in [6.07, 6.45) is 4.31. The molecule has 2 fully saturated rings. The third-order valence-corrected chi connectivity index (χ3v) is 4.39. The van der Waals surface area contributed by atoms with E-state index in [9.17, 15) is 5.11 Å². The average Bonchev–Trinajstić information content (AvgIpc) is 2.56. The summed E-state index contributed by atoms with van der Waals surface area (Å²) in [4.78, 5) is 2.57. The first-order valence-electron chi connectivity index (χ1n) is 6.40. The highest BCUT2D eigenvalue weighted by atomic mass is 35.5. The van der Waals surface area contributed by atoms with Crippen LogP contribution in [-0.4, -0.2) is 28.2 Å². The van der Waals surface area contributed by atoms with Gasteiger partial charge in [0, 0.05) is 23.7 Å². The van der Waals surface area contributed by atoms with Gasteiger partial charge in [-0.1, -0.05) is 23.7 Å². The first kappa shape index (κ1) is 11.5. The van der Waals surface area contributed by atoms with Crippen LogP contribution in [0.1, 0.15) is 31.2 Å². The second-order valence-electron chi connectivity index (χ2n) is 5.31. The minimum atomic E-state index is -0.0750. The van der Waals surface area contributed by atoms with E-state index in [0.717, 1.165) is 24.4 Å². The van der Waals surface area contributed by atoms with Crippen molar-refractivity contribution in [3.8, 4) is 0 Å². The Morgan fingerprint density at radius 1 is 1.12 bits per heavy atom. The molecule has 3 heteroatoms. The van der Waals surface area contributed by atoms with Crippen molar-refractivity contribution in [2.45, 2.75) is 50.4 Å². The predicted octanol–water partition coefficient (Wildman–Crippen LogP) is 2.83. The van der Waals surface area contributed by atoms with Crippen molar-refractivity contribution in [1.29, 1.82) is 0 Å². The van der Waals surface area contributed by atoms with Gasteiger partial charge in [0.2, 0.25) is 0 Å². The molecule has 0 aromatic heterocycles. The molecule has 2 aliphatic rings. The molecular formula is C14H18ClNO. The molecule has 1 aromatic carbocycles. The second kappa shape index (κ2) is 4.60. The SMILES string of the molecule is OC1CC2CCC(C1)N2Cc1ccc(Cl)cc1. The third kappa shape index (κ3) is 2.35. The van der Waals surface area contributed by atoms with Gasteiger partial charge in [0.1, 0.15) is 0 Å². The monoisotopic (exact) mass is 251 g/mol. The van der Waals surface area contributed by atoms with Gasteiger partial charge in [0.05, 0.1) is 6.10 Å². The minimum Gasteiger partial charge on any atom is -0.393 e. The van der Waals surface area contributed by atoms with E-state index in [1.54, 1.807) is 0 Å². The van der Waals surface area contributed by atoms with Crippen LogP contribution in [0.5, 0.6) is 0 Å². The summed E-state index contributed by atoms with van der Waals surface area (Å²) in [5, 5.41) is 10.6. The van der Waals surface area contributed by atoms with Gasteiger partial charge in [0.25, 0.3) is 0 Å². The van der Waals surface area contributed by atoms with Crippen LogP contribution < -0.4 is 0 Å². The maximum Gasteiger partial charge on any atom is 0.0570 e. The zero-order valence-corrected chi connectivity index (χ0v) is 10.6. The van der Waals surface area contributed by atoms with Crippen molar-refractivity contribution in [2.75, 3.05) is 0 Å². The van der Waals surface area contributed by atoms with Crippen LogP contribution in [0.15, 0.2) is 24.3 Å². The number of piperidine rings is 1. The molecule has 92 valence electrons. The number of hydrogen-bond acceptors (Lipinski definition) is 2. The van der Waals surface area contributed by atoms with Crippen molar-refractivity contribution in [3.63, 3.8) is 0 Å². The van der Waals surface area contributed by atoms with Crippen molar-refractivity contribution in [3.05, 3.63) is 34.9 Å². The molecule has 17 heavy (non-hydrogen) atoms. The van der Waals surface area contributed by atoms with Crippen LogP contribution in [0.2, 0.25) is 5.02 Å². The summed E-state index contributed by atoms with van der Waals surface area (Å²) in [6, 6.07) is 9.29. The van der Waals surface area contributed by atoms with E-state index in [0.29, 0.717) is 12.1 Å². The average molecular weight is 252 g/mol. The van der Waals surface area contributed by atoms with Crippen molar-refractivity contribution >= 4 is 11.6 Å². The normalized spacial score (nSPS) is 32.9. The van der Waals surface area contributed by atoms with Crippen LogP contribution in [0.4, 0.5) is 0 Å². The topological polar surface area (TPSA) is 23.5 Å². The second-order valence-corrected chi connectivity index (χ2v) is 5.75. The molecule has 2 heterocycles. The van der Waals surface area contributed by atoms with Crippen molar-refractivity contribution in [2.24, 2.45) is 0 Å². The molecule has 0 saturated carbocycles. The molecule has 2 atom stereocenters. The van der Waals surface area contributed by atoms with Crippen LogP contribution in [0.25, 0.3) is 0 Å². The molecule has 0 aliphatic carbocycles. The summed E-state index contributed by atoms with van der Waals surface area (Å²) in [7, 11) is 0. The molecule has 0 spiro atoms. The Morgan fingerprint density at radius 3 is 2.29 bits per heavy atom. The summed E-state index contributed by atoms with van der Waals surface area (Å²) < 4.78 is 0. The molecule has 2 bridgehead atoms. The van der Waals surface area contributed by atoms with Gasteiger partial charge in [-0.3, -0.25) is 4.90 Å². The van der Waals surface area contributed by atoms with Crippen molar-refractivity contribution in [1.82, 2.24) is 4.90 Å². The van der Waals surface area contributed by atoms with Crippen LogP contribution >= 0.6 is 11.6 Å². The van der Waals surface area contributed by atoms with E-state index in [2.05, 4.69) is 17.0 Å². The fourth-order valence-electron chi connectivity index (χ4n) is 3.30. The number of aliphatic hydroxyl groups is 1. The number of nitrogens with zero attached hydrogens (tertiary/aromatic N) is 1. The predicted molar refractivity (Wildman–Crippen MR) is 69.0 cm³/mol. The minimum absolute atomic E-state index is 0.0750. The third-order valence-electron chi connectivity index (χ3n) is 4.14. The fourth-order valence-corrected chi connectivity index (χ4v) is 3.43. The fraction of sp³-hybridized carbons (Fsp3) is 0.571. The van der Waals surface area contributed by atoms with Gasteiger partial charge in [0.15, 0.2) is 0 Å². The first-order valence-corrected chi connectivity index (χ1v) is 6.78. The number of aliphatic hydroxyl groups excluding tert-OH is 1. The molecule has 2 saturated heterocycles. The molecule has 2 unspecified atom stereocenters. The van der Waals surface area contributed by atoms with Crippen LogP contribution in [0.3, 0.4) is 0 Å². The van der Waals surface area contributed by atoms with E-state index in [4.69, 9.17) is 11.6 Å². The molecule has 2 aliphatic heterocycles. The molecular weight excluding hydrogens is 234 g/mol. The Kier molecular flexibility index (Phi) is 3.12. The molecule has 3 rings (SSSR count). The Bertz CT molecular complexity index is 378. The zero-order chi connectivity index (χ0) is 11.8. The van der Waals surface area contributed by atoms with E-state index in [1.807, 2.05) is 12.1 Å². The van der Waals surface area contributed by atoms with E-state index in [-0.39, 0.29) is 6.10 Å². The van der Waals surface area contributed by atoms with E-state index in [1.165, 1.54) is 18.4 Å². The zero-order valence-electron chi connectivity index (χ0n) is 9.85. The lowest BCUT2D eigenvalue weighted by atomic mass is 9.99. The molecule has 0 amide bonds. The van der Waals surface area contributed by atoms with Crippen LogP contribution in [0, 0.1) is 0 Å². The van der Waals surface area contributed by atoms with E-state index < -0.39 is 0 Å². The van der Waals surface area contributed by atoms with Crippen LogP contribution in [-0.2, 0) is 6.54 Å². The smallest absolute Gasteiger partial charge is 0.0570 e. The summed E-state index contributed by atoms with van der Waals surface area (Å²) >= 11 is 5.90. The molecule has 0 radical (unpaired) electrons. The molecule has 1 aromatic rings. The highest BCUT2D eigenvalue weighted by Gasteiger charge is 2.39. The summed E-state index contributed by atoms with van der Waals surface area (Å²) in [6.45, 7) is 0.999. The van der Waals surface area contributed by atoms with Gasteiger partial charge >= 0.3 is 0 Å². The standard InChI is InChI=1S/C14H18ClNO/c15-11-3-1-10(2-4-11)9-16-12-5-6-13(16)8-14(17)7-12/h1-4,12-14,17H,5-9H2. The Morgan fingerprint density at radius 2 is 1.71 bits per heavy atom. The van der Waals surface area contributed by atoms with Gasteiger partial charge in [-0.25, -0.2) is 0 Å². The number of fused-ring (bicyclic) bond motifs is 2. The van der Waals surface area contributed by atoms with Gasteiger partial charge in [-0.15, -0.1) is 0 Å².